The minimum atomic E-state index is -0.173. The van der Waals surface area contributed by atoms with E-state index in [-0.39, 0.29) is 11.7 Å². The third-order valence-corrected chi connectivity index (χ3v) is 3.57. The van der Waals surface area contributed by atoms with E-state index in [0.29, 0.717) is 10.7 Å². The predicted octanol–water partition coefficient (Wildman–Crippen LogP) is 1.32. The average molecular weight is 259 g/mol. The van der Waals surface area contributed by atoms with E-state index in [2.05, 4.69) is 15.2 Å². The lowest BCUT2D eigenvalue weighted by Crippen LogP contribution is -2.16. The molecule has 6 nitrogen and oxygen atoms in total. The van der Waals surface area contributed by atoms with Crippen LogP contribution in [-0.4, -0.2) is 19.7 Å². The number of aromatic amines is 1. The summed E-state index contributed by atoms with van der Waals surface area (Å²) >= 11 is 1.32. The van der Waals surface area contributed by atoms with Crippen molar-refractivity contribution in [3.05, 3.63) is 34.4 Å². The monoisotopic (exact) mass is 259 g/mol. The molecule has 0 radical (unpaired) electrons. The van der Waals surface area contributed by atoms with Gasteiger partial charge in [0.2, 0.25) is 0 Å². The standard InChI is InChI=1S/C11H9N5OS/c12-5-7-1-4-9(13-6-7)18-11-15-14-10(17)16(11)8-2-3-8/h1,4,6,8H,2-3H2,(H,14,17). The summed E-state index contributed by atoms with van der Waals surface area (Å²) in [6.07, 6.45) is 3.55. The van der Waals surface area contributed by atoms with Gasteiger partial charge >= 0.3 is 5.69 Å². The molecule has 0 saturated heterocycles. The van der Waals surface area contributed by atoms with Crippen molar-refractivity contribution in [3.63, 3.8) is 0 Å². The van der Waals surface area contributed by atoms with E-state index >= 15 is 0 Å². The zero-order valence-corrected chi connectivity index (χ0v) is 10.1. The van der Waals surface area contributed by atoms with Crippen molar-refractivity contribution in [2.24, 2.45) is 0 Å². The quantitative estimate of drug-likeness (QED) is 0.898. The van der Waals surface area contributed by atoms with E-state index in [0.717, 1.165) is 17.9 Å². The van der Waals surface area contributed by atoms with Gasteiger partial charge in [-0.15, -0.1) is 5.10 Å². The Hall–Kier alpha value is -2.07. The highest BCUT2D eigenvalue weighted by Crippen LogP contribution is 2.37. The Kier molecular flexibility index (Phi) is 2.64. The summed E-state index contributed by atoms with van der Waals surface area (Å²) in [5.41, 5.74) is 0.342. The van der Waals surface area contributed by atoms with Crippen LogP contribution >= 0.6 is 11.8 Å². The van der Waals surface area contributed by atoms with Crippen LogP contribution in [0.1, 0.15) is 24.4 Å². The first-order valence-electron chi connectivity index (χ1n) is 5.49. The van der Waals surface area contributed by atoms with Crippen LogP contribution in [0.15, 0.2) is 33.3 Å². The largest absolute Gasteiger partial charge is 0.344 e. The Balaban J connectivity index is 1.88. The number of rotatable bonds is 3. The number of nitriles is 1. The molecule has 0 bridgehead atoms. The Morgan fingerprint density at radius 2 is 2.33 bits per heavy atom. The molecule has 90 valence electrons. The van der Waals surface area contributed by atoms with E-state index in [9.17, 15) is 4.79 Å². The molecule has 1 N–H and O–H groups in total. The minimum Gasteiger partial charge on any atom is -0.267 e. The smallest absolute Gasteiger partial charge is 0.267 e. The van der Waals surface area contributed by atoms with Gasteiger partial charge in [-0.25, -0.2) is 14.9 Å². The second kappa shape index (κ2) is 4.31. The van der Waals surface area contributed by atoms with Gasteiger partial charge in [0.1, 0.15) is 11.1 Å². The summed E-state index contributed by atoms with van der Waals surface area (Å²) in [7, 11) is 0. The second-order valence-corrected chi connectivity index (χ2v) is 5.00. The zero-order chi connectivity index (χ0) is 12.5. The van der Waals surface area contributed by atoms with E-state index < -0.39 is 0 Å². The van der Waals surface area contributed by atoms with Crippen molar-refractivity contribution in [2.75, 3.05) is 0 Å². The number of pyridine rings is 1. The van der Waals surface area contributed by atoms with E-state index in [1.54, 1.807) is 16.7 Å². The first-order chi connectivity index (χ1) is 8.78. The fourth-order valence-electron chi connectivity index (χ4n) is 1.62. The SMILES string of the molecule is N#Cc1ccc(Sc2n[nH]c(=O)n2C2CC2)nc1. The molecule has 2 aromatic rings. The second-order valence-electron chi connectivity index (χ2n) is 4.01. The van der Waals surface area contributed by atoms with Crippen LogP contribution in [0.25, 0.3) is 0 Å². The molecule has 1 saturated carbocycles. The number of hydrogen-bond donors (Lipinski definition) is 1. The summed E-state index contributed by atoms with van der Waals surface area (Å²) in [4.78, 5) is 15.7. The molecule has 0 unspecified atom stereocenters. The van der Waals surface area contributed by atoms with Crippen molar-refractivity contribution in [3.8, 4) is 6.07 Å². The van der Waals surface area contributed by atoms with Crippen molar-refractivity contribution in [1.82, 2.24) is 19.7 Å². The maximum absolute atomic E-state index is 11.6. The molecule has 0 aromatic carbocycles. The molecule has 0 aliphatic heterocycles. The first kappa shape index (κ1) is 11.0. The molecule has 1 fully saturated rings. The Morgan fingerprint density at radius 1 is 1.50 bits per heavy atom. The number of nitrogens with one attached hydrogen (secondary N) is 1. The van der Waals surface area contributed by atoms with Gasteiger partial charge in [-0.3, -0.25) is 4.57 Å². The number of nitrogens with zero attached hydrogens (tertiary/aromatic N) is 4. The van der Waals surface area contributed by atoms with Crippen LogP contribution in [0.3, 0.4) is 0 Å². The third-order valence-electron chi connectivity index (χ3n) is 2.65. The summed E-state index contributed by atoms with van der Waals surface area (Å²) in [5, 5.41) is 16.5. The molecule has 3 rings (SSSR count). The maximum Gasteiger partial charge on any atom is 0.344 e. The highest BCUT2D eigenvalue weighted by atomic mass is 32.2. The van der Waals surface area contributed by atoms with Gasteiger partial charge in [-0.05, 0) is 36.7 Å². The zero-order valence-electron chi connectivity index (χ0n) is 9.33. The normalized spacial score (nSPS) is 14.4. The first-order valence-corrected chi connectivity index (χ1v) is 6.30. The maximum atomic E-state index is 11.6. The molecule has 1 aliphatic carbocycles. The Morgan fingerprint density at radius 3 is 2.94 bits per heavy atom. The Labute approximate surface area is 107 Å². The topological polar surface area (TPSA) is 87.4 Å². The van der Waals surface area contributed by atoms with Crippen LogP contribution in [0.2, 0.25) is 0 Å². The number of aromatic nitrogens is 4. The van der Waals surface area contributed by atoms with E-state index in [1.807, 2.05) is 6.07 Å². The molecule has 7 heteroatoms. The van der Waals surface area contributed by atoms with Crippen LogP contribution < -0.4 is 5.69 Å². The molecular formula is C11H9N5OS. The molecule has 0 atom stereocenters. The number of hydrogen-bond acceptors (Lipinski definition) is 5. The lowest BCUT2D eigenvalue weighted by molar-refractivity contribution is 0.642. The summed E-state index contributed by atoms with van der Waals surface area (Å²) in [6, 6.07) is 5.73. The van der Waals surface area contributed by atoms with E-state index in [1.165, 1.54) is 18.0 Å². The molecule has 2 heterocycles. The molecular weight excluding hydrogens is 250 g/mol. The molecule has 2 aromatic heterocycles. The highest BCUT2D eigenvalue weighted by Gasteiger charge is 2.28. The number of H-pyrrole nitrogens is 1. The fourth-order valence-corrected chi connectivity index (χ4v) is 2.47. The summed E-state index contributed by atoms with van der Waals surface area (Å²) < 4.78 is 1.67. The minimum absolute atomic E-state index is 0.173. The predicted molar refractivity (Wildman–Crippen MR) is 64.2 cm³/mol. The van der Waals surface area contributed by atoms with Crippen LogP contribution in [-0.2, 0) is 0 Å². The lowest BCUT2D eigenvalue weighted by atomic mass is 10.3. The fraction of sp³-hybridized carbons (Fsp3) is 0.273. The van der Waals surface area contributed by atoms with Crippen molar-refractivity contribution in [2.45, 2.75) is 29.1 Å². The average Bonchev–Trinajstić information content (AvgIpc) is 3.16. The molecule has 1 aliphatic rings. The van der Waals surface area contributed by atoms with Gasteiger partial charge in [0.15, 0.2) is 5.16 Å². The van der Waals surface area contributed by atoms with Gasteiger partial charge < -0.3 is 0 Å². The summed E-state index contributed by atoms with van der Waals surface area (Å²) in [6.45, 7) is 0. The van der Waals surface area contributed by atoms with Crippen LogP contribution in [0.5, 0.6) is 0 Å². The van der Waals surface area contributed by atoms with Gasteiger partial charge in [0.25, 0.3) is 0 Å². The highest BCUT2D eigenvalue weighted by molar-refractivity contribution is 7.99. The molecule has 0 amide bonds. The molecule has 18 heavy (non-hydrogen) atoms. The van der Waals surface area contributed by atoms with Crippen molar-refractivity contribution >= 4 is 11.8 Å². The van der Waals surface area contributed by atoms with E-state index in [4.69, 9.17) is 5.26 Å². The summed E-state index contributed by atoms with van der Waals surface area (Å²) in [5.74, 6) is 0. The van der Waals surface area contributed by atoms with Crippen LogP contribution in [0.4, 0.5) is 0 Å². The third kappa shape index (κ3) is 2.02. The molecule has 0 spiro atoms. The van der Waals surface area contributed by atoms with Gasteiger partial charge in [0.05, 0.1) is 5.56 Å². The van der Waals surface area contributed by atoms with Crippen molar-refractivity contribution < 1.29 is 0 Å². The van der Waals surface area contributed by atoms with Crippen molar-refractivity contribution in [1.29, 1.82) is 5.26 Å². The van der Waals surface area contributed by atoms with Gasteiger partial charge in [-0.1, -0.05) is 0 Å². The van der Waals surface area contributed by atoms with Gasteiger partial charge in [0, 0.05) is 12.2 Å². The lowest BCUT2D eigenvalue weighted by Gasteiger charge is -2.02. The van der Waals surface area contributed by atoms with Crippen LogP contribution in [0, 0.1) is 11.3 Å². The Bertz CT molecular complexity index is 662. The van der Waals surface area contributed by atoms with Gasteiger partial charge in [-0.2, -0.15) is 5.26 Å².